The monoisotopic (exact) mass is 352 g/mol. The minimum absolute atomic E-state index is 0.150. The summed E-state index contributed by atoms with van der Waals surface area (Å²) in [6.07, 6.45) is 3.65. The van der Waals surface area contributed by atoms with Crippen LogP contribution in [0.3, 0.4) is 0 Å². The number of aromatic amines is 1. The minimum atomic E-state index is -0.150. The van der Waals surface area contributed by atoms with Crippen molar-refractivity contribution in [1.29, 1.82) is 0 Å². The summed E-state index contributed by atoms with van der Waals surface area (Å²) in [4.78, 5) is 20.1. The molecule has 0 aliphatic carbocycles. The van der Waals surface area contributed by atoms with Crippen LogP contribution in [0.25, 0.3) is 16.6 Å². The standard InChI is InChI=1S/C19H17ClN4O/c1-11-3-5-16-15(12(11)2)7-17(23-16)19(25)21-8-14-10-24-9-13(20)4-6-18(24)22-14/h3-7,9-10,23H,8H2,1-2H3,(H,21,25). The van der Waals surface area contributed by atoms with Gasteiger partial charge in [-0.05, 0) is 49.2 Å². The molecule has 6 heteroatoms. The SMILES string of the molecule is Cc1ccc2[nH]c(C(=O)NCc3cn4cc(Cl)ccc4n3)cc2c1C. The van der Waals surface area contributed by atoms with Gasteiger partial charge < -0.3 is 14.7 Å². The first kappa shape index (κ1) is 15.7. The molecule has 0 fully saturated rings. The van der Waals surface area contributed by atoms with E-state index in [2.05, 4.69) is 35.2 Å². The number of halogens is 1. The van der Waals surface area contributed by atoms with Crippen LogP contribution in [0.1, 0.15) is 27.3 Å². The summed E-state index contributed by atoms with van der Waals surface area (Å²) in [6, 6.07) is 9.59. The summed E-state index contributed by atoms with van der Waals surface area (Å²) in [5.41, 5.74) is 5.49. The number of imidazole rings is 1. The highest BCUT2D eigenvalue weighted by molar-refractivity contribution is 6.30. The summed E-state index contributed by atoms with van der Waals surface area (Å²) >= 11 is 5.98. The normalized spacial score (nSPS) is 11.3. The first-order valence-electron chi connectivity index (χ1n) is 8.01. The minimum Gasteiger partial charge on any atom is -0.351 e. The number of aryl methyl sites for hydroxylation is 2. The average molecular weight is 353 g/mol. The maximum absolute atomic E-state index is 12.5. The second-order valence-electron chi connectivity index (χ2n) is 6.18. The molecule has 1 amide bonds. The van der Waals surface area contributed by atoms with Crippen molar-refractivity contribution in [2.45, 2.75) is 20.4 Å². The highest BCUT2D eigenvalue weighted by Gasteiger charge is 2.12. The maximum Gasteiger partial charge on any atom is 0.268 e. The van der Waals surface area contributed by atoms with Crippen LogP contribution in [0.2, 0.25) is 5.02 Å². The molecule has 25 heavy (non-hydrogen) atoms. The van der Waals surface area contributed by atoms with Gasteiger partial charge in [-0.2, -0.15) is 0 Å². The number of pyridine rings is 1. The summed E-state index contributed by atoms with van der Waals surface area (Å²) < 4.78 is 1.85. The molecular weight excluding hydrogens is 336 g/mol. The molecule has 0 bridgehead atoms. The summed E-state index contributed by atoms with van der Waals surface area (Å²) in [5.74, 6) is -0.150. The molecule has 126 valence electrons. The number of hydrogen-bond acceptors (Lipinski definition) is 2. The zero-order valence-electron chi connectivity index (χ0n) is 13.9. The molecular formula is C19H17ClN4O. The molecule has 0 aliphatic rings. The molecule has 4 rings (SSSR count). The van der Waals surface area contributed by atoms with E-state index in [-0.39, 0.29) is 5.91 Å². The third kappa shape index (κ3) is 2.87. The first-order chi connectivity index (χ1) is 12.0. The van der Waals surface area contributed by atoms with Crippen molar-refractivity contribution in [2.24, 2.45) is 0 Å². The summed E-state index contributed by atoms with van der Waals surface area (Å²) in [7, 11) is 0. The van der Waals surface area contributed by atoms with Crippen molar-refractivity contribution in [1.82, 2.24) is 19.7 Å². The van der Waals surface area contributed by atoms with Crippen LogP contribution in [0.15, 0.2) is 42.7 Å². The lowest BCUT2D eigenvalue weighted by molar-refractivity contribution is 0.0946. The van der Waals surface area contributed by atoms with Gasteiger partial charge in [-0.1, -0.05) is 17.7 Å². The molecule has 3 heterocycles. The quantitative estimate of drug-likeness (QED) is 0.585. The molecule has 0 aliphatic heterocycles. The van der Waals surface area contributed by atoms with Crippen LogP contribution in [-0.2, 0) is 6.54 Å². The zero-order chi connectivity index (χ0) is 17.6. The van der Waals surface area contributed by atoms with Crippen molar-refractivity contribution in [3.63, 3.8) is 0 Å². The van der Waals surface area contributed by atoms with Gasteiger partial charge in [-0.15, -0.1) is 0 Å². The van der Waals surface area contributed by atoms with Gasteiger partial charge in [0, 0.05) is 23.3 Å². The molecule has 0 saturated carbocycles. The summed E-state index contributed by atoms with van der Waals surface area (Å²) in [5, 5.41) is 4.63. The Balaban J connectivity index is 1.54. The largest absolute Gasteiger partial charge is 0.351 e. The number of aromatic nitrogens is 3. The fourth-order valence-corrected chi connectivity index (χ4v) is 3.12. The number of nitrogens with zero attached hydrogens (tertiary/aromatic N) is 2. The summed E-state index contributed by atoms with van der Waals surface area (Å²) in [6.45, 7) is 4.48. The van der Waals surface area contributed by atoms with Crippen LogP contribution in [0.4, 0.5) is 0 Å². The fourth-order valence-electron chi connectivity index (χ4n) is 2.95. The van der Waals surface area contributed by atoms with Crippen LogP contribution in [-0.4, -0.2) is 20.3 Å². The van der Waals surface area contributed by atoms with E-state index in [4.69, 9.17) is 11.6 Å². The van der Waals surface area contributed by atoms with Gasteiger partial charge in [0.1, 0.15) is 11.3 Å². The highest BCUT2D eigenvalue weighted by atomic mass is 35.5. The zero-order valence-corrected chi connectivity index (χ0v) is 14.7. The lowest BCUT2D eigenvalue weighted by Crippen LogP contribution is -2.23. The Bertz CT molecular complexity index is 1110. The second-order valence-corrected chi connectivity index (χ2v) is 6.62. The Morgan fingerprint density at radius 3 is 2.92 bits per heavy atom. The Kier molecular flexibility index (Phi) is 3.73. The highest BCUT2D eigenvalue weighted by Crippen LogP contribution is 2.22. The van der Waals surface area contributed by atoms with E-state index >= 15 is 0 Å². The Labute approximate surface area is 149 Å². The van der Waals surface area contributed by atoms with E-state index in [1.807, 2.05) is 28.8 Å². The molecule has 0 saturated heterocycles. The molecule has 0 unspecified atom stereocenters. The third-order valence-electron chi connectivity index (χ3n) is 4.48. The van der Waals surface area contributed by atoms with Crippen LogP contribution in [0.5, 0.6) is 0 Å². The predicted octanol–water partition coefficient (Wildman–Crippen LogP) is 4.02. The molecule has 0 atom stereocenters. The average Bonchev–Trinajstić information content (AvgIpc) is 3.19. The van der Waals surface area contributed by atoms with Gasteiger partial charge in [-0.25, -0.2) is 4.98 Å². The number of hydrogen-bond donors (Lipinski definition) is 2. The fraction of sp³-hybridized carbons (Fsp3) is 0.158. The van der Waals surface area contributed by atoms with Crippen LogP contribution in [0, 0.1) is 13.8 Å². The number of carbonyl (C=O) groups is 1. The van der Waals surface area contributed by atoms with Gasteiger partial charge in [0.05, 0.1) is 17.3 Å². The molecule has 0 spiro atoms. The number of fused-ring (bicyclic) bond motifs is 2. The molecule has 1 aromatic carbocycles. The van der Waals surface area contributed by atoms with Crippen molar-refractivity contribution >= 4 is 34.1 Å². The Hall–Kier alpha value is -2.79. The Morgan fingerprint density at radius 1 is 1.24 bits per heavy atom. The topological polar surface area (TPSA) is 62.2 Å². The van der Waals surface area contributed by atoms with Gasteiger partial charge in [-0.3, -0.25) is 4.79 Å². The van der Waals surface area contributed by atoms with Crippen molar-refractivity contribution in [3.8, 4) is 0 Å². The third-order valence-corrected chi connectivity index (χ3v) is 4.71. The van der Waals surface area contributed by atoms with Gasteiger partial charge in [0.2, 0.25) is 0 Å². The van der Waals surface area contributed by atoms with Gasteiger partial charge >= 0.3 is 0 Å². The maximum atomic E-state index is 12.5. The van der Waals surface area contributed by atoms with E-state index < -0.39 is 0 Å². The first-order valence-corrected chi connectivity index (χ1v) is 8.39. The van der Waals surface area contributed by atoms with Crippen LogP contribution < -0.4 is 5.32 Å². The Morgan fingerprint density at radius 2 is 2.08 bits per heavy atom. The number of amides is 1. The van der Waals surface area contributed by atoms with E-state index in [9.17, 15) is 4.79 Å². The van der Waals surface area contributed by atoms with E-state index in [0.717, 1.165) is 22.2 Å². The van der Waals surface area contributed by atoms with E-state index in [1.165, 1.54) is 11.1 Å². The van der Waals surface area contributed by atoms with Crippen molar-refractivity contribution in [2.75, 3.05) is 0 Å². The smallest absolute Gasteiger partial charge is 0.268 e. The molecule has 3 aromatic heterocycles. The lowest BCUT2D eigenvalue weighted by Gasteiger charge is -2.00. The molecule has 2 N–H and O–H groups in total. The number of H-pyrrole nitrogens is 1. The van der Waals surface area contributed by atoms with Crippen LogP contribution >= 0.6 is 11.6 Å². The van der Waals surface area contributed by atoms with Crippen molar-refractivity contribution in [3.05, 3.63) is 70.3 Å². The number of rotatable bonds is 3. The molecule has 0 radical (unpaired) electrons. The predicted molar refractivity (Wildman–Crippen MR) is 99.1 cm³/mol. The lowest BCUT2D eigenvalue weighted by atomic mass is 10.1. The molecule has 4 aromatic rings. The second kappa shape index (κ2) is 5.93. The number of carbonyl (C=O) groups excluding carboxylic acids is 1. The number of nitrogens with one attached hydrogen (secondary N) is 2. The van der Waals surface area contributed by atoms with Crippen molar-refractivity contribution < 1.29 is 4.79 Å². The van der Waals surface area contributed by atoms with E-state index in [0.29, 0.717) is 17.3 Å². The number of benzene rings is 1. The van der Waals surface area contributed by atoms with E-state index in [1.54, 1.807) is 12.3 Å². The van der Waals surface area contributed by atoms with Gasteiger partial charge in [0.25, 0.3) is 5.91 Å². The molecule has 5 nitrogen and oxygen atoms in total. The van der Waals surface area contributed by atoms with Gasteiger partial charge in [0.15, 0.2) is 0 Å².